The quantitative estimate of drug-likeness (QED) is 0.861. The SMILES string of the molecule is CC(C)(C)NC(CC(=O)N1CCCC1)C(=O)C(C)(C)C. The number of carbonyl (C=O) groups is 2. The molecule has 1 saturated heterocycles. The van der Waals surface area contributed by atoms with E-state index in [1.54, 1.807) is 0 Å². The summed E-state index contributed by atoms with van der Waals surface area (Å²) >= 11 is 0. The molecule has 0 aromatic carbocycles. The highest BCUT2D eigenvalue weighted by atomic mass is 16.2. The van der Waals surface area contributed by atoms with E-state index in [2.05, 4.69) is 5.32 Å². The predicted octanol–water partition coefficient (Wildman–Crippen LogP) is 2.37. The Hall–Kier alpha value is -0.900. The molecule has 0 aliphatic carbocycles. The van der Waals surface area contributed by atoms with E-state index >= 15 is 0 Å². The average Bonchev–Trinajstić information content (AvgIpc) is 2.77. The van der Waals surface area contributed by atoms with Crippen molar-refractivity contribution in [2.75, 3.05) is 13.1 Å². The molecule has 4 heteroatoms. The van der Waals surface area contributed by atoms with Gasteiger partial charge in [-0.2, -0.15) is 0 Å². The molecular formula is C16H30N2O2. The zero-order valence-corrected chi connectivity index (χ0v) is 13.9. The van der Waals surface area contributed by atoms with E-state index < -0.39 is 11.5 Å². The highest BCUT2D eigenvalue weighted by Gasteiger charge is 2.34. The number of likely N-dealkylation sites (tertiary alicyclic amines) is 1. The van der Waals surface area contributed by atoms with E-state index in [1.807, 2.05) is 46.4 Å². The maximum Gasteiger partial charge on any atom is 0.224 e. The van der Waals surface area contributed by atoms with Gasteiger partial charge in [-0.15, -0.1) is 0 Å². The van der Waals surface area contributed by atoms with Gasteiger partial charge in [0, 0.05) is 30.5 Å². The highest BCUT2D eigenvalue weighted by molar-refractivity contribution is 5.93. The van der Waals surface area contributed by atoms with Crippen LogP contribution in [0.5, 0.6) is 0 Å². The van der Waals surface area contributed by atoms with Gasteiger partial charge in [-0.05, 0) is 33.6 Å². The van der Waals surface area contributed by atoms with Crippen LogP contribution in [0.15, 0.2) is 0 Å². The second kappa shape index (κ2) is 6.25. The molecule has 0 radical (unpaired) electrons. The van der Waals surface area contributed by atoms with Gasteiger partial charge in [-0.3, -0.25) is 9.59 Å². The summed E-state index contributed by atoms with van der Waals surface area (Å²) in [5.74, 6) is 0.210. The largest absolute Gasteiger partial charge is 0.343 e. The summed E-state index contributed by atoms with van der Waals surface area (Å²) in [5, 5.41) is 3.32. The second-order valence-electron chi connectivity index (χ2n) is 7.85. The lowest BCUT2D eigenvalue weighted by Crippen LogP contribution is -2.52. The van der Waals surface area contributed by atoms with Crippen molar-refractivity contribution in [2.45, 2.75) is 72.4 Å². The first kappa shape index (κ1) is 17.2. The Labute approximate surface area is 123 Å². The third-order valence-electron chi connectivity index (χ3n) is 3.50. The third kappa shape index (κ3) is 5.23. The fourth-order valence-electron chi connectivity index (χ4n) is 2.52. The number of amides is 1. The number of ketones is 1. The third-order valence-corrected chi connectivity index (χ3v) is 3.50. The van der Waals surface area contributed by atoms with E-state index in [0.717, 1.165) is 25.9 Å². The number of rotatable bonds is 4. The molecule has 1 rings (SSSR count). The molecule has 0 saturated carbocycles. The Balaban J connectivity index is 2.77. The topological polar surface area (TPSA) is 49.4 Å². The molecule has 0 aromatic rings. The minimum Gasteiger partial charge on any atom is -0.343 e. The summed E-state index contributed by atoms with van der Waals surface area (Å²) in [7, 11) is 0. The molecule has 0 aromatic heterocycles. The molecule has 1 unspecified atom stereocenters. The van der Waals surface area contributed by atoms with Gasteiger partial charge >= 0.3 is 0 Å². The van der Waals surface area contributed by atoms with Crippen LogP contribution in [0, 0.1) is 5.41 Å². The first-order valence-electron chi connectivity index (χ1n) is 7.60. The molecule has 1 N–H and O–H groups in total. The first-order chi connectivity index (χ1) is 9.00. The lowest BCUT2D eigenvalue weighted by molar-refractivity contribution is -0.136. The van der Waals surface area contributed by atoms with Crippen LogP contribution in [0.25, 0.3) is 0 Å². The number of nitrogens with zero attached hydrogens (tertiary/aromatic N) is 1. The van der Waals surface area contributed by atoms with Gasteiger partial charge in [-0.25, -0.2) is 0 Å². The van der Waals surface area contributed by atoms with Crippen molar-refractivity contribution in [3.8, 4) is 0 Å². The fraction of sp³-hybridized carbons (Fsp3) is 0.875. The summed E-state index contributed by atoms with van der Waals surface area (Å²) < 4.78 is 0. The predicted molar refractivity (Wildman–Crippen MR) is 81.6 cm³/mol. The van der Waals surface area contributed by atoms with Crippen molar-refractivity contribution in [1.29, 1.82) is 0 Å². The van der Waals surface area contributed by atoms with Gasteiger partial charge in [0.25, 0.3) is 0 Å². The van der Waals surface area contributed by atoms with Crippen molar-refractivity contribution >= 4 is 11.7 Å². The molecule has 1 heterocycles. The van der Waals surface area contributed by atoms with E-state index in [9.17, 15) is 9.59 Å². The Morgan fingerprint density at radius 3 is 1.95 bits per heavy atom. The smallest absolute Gasteiger partial charge is 0.224 e. The van der Waals surface area contributed by atoms with Gasteiger partial charge < -0.3 is 10.2 Å². The zero-order valence-electron chi connectivity index (χ0n) is 13.9. The van der Waals surface area contributed by atoms with Crippen LogP contribution in [-0.2, 0) is 9.59 Å². The number of hydrogen-bond donors (Lipinski definition) is 1. The van der Waals surface area contributed by atoms with E-state index in [4.69, 9.17) is 0 Å². The first-order valence-corrected chi connectivity index (χ1v) is 7.60. The van der Waals surface area contributed by atoms with Crippen LogP contribution in [-0.4, -0.2) is 41.3 Å². The fourth-order valence-corrected chi connectivity index (χ4v) is 2.52. The molecule has 1 aliphatic heterocycles. The lowest BCUT2D eigenvalue weighted by Gasteiger charge is -2.32. The minimum absolute atomic E-state index is 0.0989. The summed E-state index contributed by atoms with van der Waals surface area (Å²) in [5.41, 5.74) is -0.620. The van der Waals surface area contributed by atoms with Crippen LogP contribution >= 0.6 is 0 Å². The van der Waals surface area contributed by atoms with Gasteiger partial charge in [0.05, 0.1) is 6.04 Å². The number of hydrogen-bond acceptors (Lipinski definition) is 3. The Kier molecular flexibility index (Phi) is 5.36. The molecule has 20 heavy (non-hydrogen) atoms. The van der Waals surface area contributed by atoms with Crippen LogP contribution in [0.1, 0.15) is 60.8 Å². The summed E-state index contributed by atoms with van der Waals surface area (Å²) in [6.45, 7) is 13.5. The molecule has 4 nitrogen and oxygen atoms in total. The van der Waals surface area contributed by atoms with E-state index in [-0.39, 0.29) is 23.7 Å². The van der Waals surface area contributed by atoms with Crippen molar-refractivity contribution in [3.05, 3.63) is 0 Å². The molecule has 1 aliphatic rings. The number of Topliss-reactive ketones (excluding diaryl/α,β-unsaturated/α-hetero) is 1. The van der Waals surface area contributed by atoms with Crippen molar-refractivity contribution in [2.24, 2.45) is 5.41 Å². The van der Waals surface area contributed by atoms with Gasteiger partial charge in [0.2, 0.25) is 5.91 Å². The Morgan fingerprint density at radius 1 is 1.05 bits per heavy atom. The van der Waals surface area contributed by atoms with Crippen LogP contribution in [0.2, 0.25) is 0 Å². The monoisotopic (exact) mass is 282 g/mol. The van der Waals surface area contributed by atoms with Crippen LogP contribution in [0.3, 0.4) is 0 Å². The zero-order chi connectivity index (χ0) is 15.6. The second-order valence-corrected chi connectivity index (χ2v) is 7.85. The molecule has 1 amide bonds. The maximum atomic E-state index is 12.6. The van der Waals surface area contributed by atoms with Crippen molar-refractivity contribution in [1.82, 2.24) is 10.2 Å². The average molecular weight is 282 g/mol. The van der Waals surface area contributed by atoms with Gasteiger partial charge in [0.1, 0.15) is 0 Å². The highest BCUT2D eigenvalue weighted by Crippen LogP contribution is 2.21. The van der Waals surface area contributed by atoms with Crippen LogP contribution in [0.4, 0.5) is 0 Å². The number of nitrogens with one attached hydrogen (secondary N) is 1. The van der Waals surface area contributed by atoms with Crippen molar-refractivity contribution in [3.63, 3.8) is 0 Å². The minimum atomic E-state index is -0.436. The normalized spacial score (nSPS) is 18.2. The standard InChI is InChI=1S/C16H30N2O2/c1-15(2,3)14(20)12(17-16(4,5)6)11-13(19)18-9-7-8-10-18/h12,17H,7-11H2,1-6H3. The Morgan fingerprint density at radius 2 is 1.55 bits per heavy atom. The molecular weight excluding hydrogens is 252 g/mol. The molecule has 1 fully saturated rings. The van der Waals surface area contributed by atoms with Crippen LogP contribution < -0.4 is 5.32 Å². The van der Waals surface area contributed by atoms with Gasteiger partial charge in [-0.1, -0.05) is 20.8 Å². The molecule has 116 valence electrons. The summed E-state index contributed by atoms with van der Waals surface area (Å²) in [6.07, 6.45) is 2.43. The molecule has 0 spiro atoms. The van der Waals surface area contributed by atoms with Crippen molar-refractivity contribution < 1.29 is 9.59 Å². The van der Waals surface area contributed by atoms with Gasteiger partial charge in [0.15, 0.2) is 5.78 Å². The maximum absolute atomic E-state index is 12.6. The summed E-state index contributed by atoms with van der Waals surface area (Å²) in [4.78, 5) is 26.7. The number of carbonyl (C=O) groups excluding carboxylic acids is 2. The Bertz CT molecular complexity index is 358. The van der Waals surface area contributed by atoms with E-state index in [1.165, 1.54) is 0 Å². The van der Waals surface area contributed by atoms with E-state index in [0.29, 0.717) is 0 Å². The lowest BCUT2D eigenvalue weighted by atomic mass is 9.84. The summed E-state index contributed by atoms with van der Waals surface area (Å²) in [6, 6.07) is -0.400. The molecule has 1 atom stereocenters. The molecule has 0 bridgehead atoms.